The van der Waals surface area contributed by atoms with Gasteiger partial charge in [-0.1, -0.05) is 6.07 Å². The number of benzene rings is 1. The van der Waals surface area contributed by atoms with Gasteiger partial charge in [0, 0.05) is 29.0 Å². The lowest BCUT2D eigenvalue weighted by molar-refractivity contribution is 0.507. The van der Waals surface area contributed by atoms with Crippen molar-refractivity contribution in [2.45, 2.75) is 6.42 Å². The molecule has 0 saturated carbocycles. The molecule has 0 bridgehead atoms. The van der Waals surface area contributed by atoms with E-state index in [0.29, 0.717) is 15.8 Å². The standard InChI is InChI=1S/C9H5F2IN2S/c10-6-2-1-5(3-7(6)11)4-8-13-9(12)14-15-8/h1-3H,4H2. The zero-order valence-corrected chi connectivity index (χ0v) is 10.3. The Bertz CT molecular complexity index is 487. The fourth-order valence-electron chi connectivity index (χ4n) is 1.13. The SMILES string of the molecule is Fc1ccc(Cc2nc(I)ns2)cc1F. The van der Waals surface area contributed by atoms with Gasteiger partial charge in [0.15, 0.2) is 11.6 Å². The molecular weight excluding hydrogens is 333 g/mol. The summed E-state index contributed by atoms with van der Waals surface area (Å²) >= 11 is 3.28. The Hall–Kier alpha value is -0.630. The molecule has 6 heteroatoms. The lowest BCUT2D eigenvalue weighted by Gasteiger charge is -1.98. The van der Waals surface area contributed by atoms with Gasteiger partial charge in [0.25, 0.3) is 0 Å². The van der Waals surface area contributed by atoms with Crippen LogP contribution in [0.15, 0.2) is 18.2 Å². The molecule has 0 fully saturated rings. The van der Waals surface area contributed by atoms with E-state index in [4.69, 9.17) is 0 Å². The fourth-order valence-corrected chi connectivity index (χ4v) is 2.46. The quantitative estimate of drug-likeness (QED) is 0.787. The Labute approximate surface area is 103 Å². The van der Waals surface area contributed by atoms with Gasteiger partial charge in [-0.25, -0.2) is 13.8 Å². The largest absolute Gasteiger partial charge is 0.214 e. The number of rotatable bonds is 2. The third-order valence-corrected chi connectivity index (χ3v) is 3.30. The van der Waals surface area contributed by atoms with Gasteiger partial charge in [-0.15, -0.1) is 0 Å². The molecule has 0 atom stereocenters. The molecule has 0 N–H and O–H groups in total. The molecule has 2 aromatic rings. The molecule has 0 spiro atoms. The van der Waals surface area contributed by atoms with Crippen LogP contribution in [0.4, 0.5) is 8.78 Å². The lowest BCUT2D eigenvalue weighted by atomic mass is 10.1. The molecule has 0 saturated heterocycles. The van der Waals surface area contributed by atoms with Crippen molar-refractivity contribution in [2.24, 2.45) is 0 Å². The molecule has 0 amide bonds. The number of nitrogens with zero attached hydrogens (tertiary/aromatic N) is 2. The molecule has 0 unspecified atom stereocenters. The summed E-state index contributed by atoms with van der Waals surface area (Å²) < 4.78 is 30.2. The summed E-state index contributed by atoms with van der Waals surface area (Å²) in [5, 5.41) is 0.797. The first-order valence-corrected chi connectivity index (χ1v) is 5.92. The highest BCUT2D eigenvalue weighted by Crippen LogP contribution is 2.15. The van der Waals surface area contributed by atoms with Crippen molar-refractivity contribution in [3.05, 3.63) is 44.2 Å². The topological polar surface area (TPSA) is 25.8 Å². The van der Waals surface area contributed by atoms with Crippen LogP contribution >= 0.6 is 34.1 Å². The van der Waals surface area contributed by atoms with Crippen LogP contribution in [0.25, 0.3) is 0 Å². The molecule has 2 nitrogen and oxygen atoms in total. The Morgan fingerprint density at radius 1 is 1.27 bits per heavy atom. The number of hydrogen-bond acceptors (Lipinski definition) is 3. The highest BCUT2D eigenvalue weighted by Gasteiger charge is 2.06. The highest BCUT2D eigenvalue weighted by molar-refractivity contribution is 14.1. The van der Waals surface area contributed by atoms with Gasteiger partial charge >= 0.3 is 0 Å². The van der Waals surface area contributed by atoms with Gasteiger partial charge in [-0.05, 0) is 29.2 Å². The minimum Gasteiger partial charge on any atom is -0.214 e. The summed E-state index contributed by atoms with van der Waals surface area (Å²) in [5.74, 6) is -1.66. The second-order valence-electron chi connectivity index (χ2n) is 2.88. The first-order chi connectivity index (χ1) is 7.15. The van der Waals surface area contributed by atoms with Crippen LogP contribution in [0.2, 0.25) is 0 Å². The van der Waals surface area contributed by atoms with Crippen LogP contribution in [-0.2, 0) is 6.42 Å². The van der Waals surface area contributed by atoms with Crippen LogP contribution in [0.3, 0.4) is 0 Å². The summed E-state index contributed by atoms with van der Waals surface area (Å²) in [4.78, 5) is 4.14. The maximum atomic E-state index is 12.9. The Kier molecular flexibility index (Phi) is 3.25. The Morgan fingerprint density at radius 2 is 2.07 bits per heavy atom. The molecule has 0 aliphatic rings. The van der Waals surface area contributed by atoms with Crippen LogP contribution in [0.1, 0.15) is 10.6 Å². The predicted octanol–water partition coefficient (Wildman–Crippen LogP) is 3.01. The van der Waals surface area contributed by atoms with Gasteiger partial charge in [-0.3, -0.25) is 0 Å². The molecule has 78 valence electrons. The summed E-state index contributed by atoms with van der Waals surface area (Å²) in [6.45, 7) is 0. The maximum absolute atomic E-state index is 12.9. The summed E-state index contributed by atoms with van der Waals surface area (Å²) in [7, 11) is 0. The van der Waals surface area contributed by atoms with Crippen molar-refractivity contribution in [3.8, 4) is 0 Å². The maximum Gasteiger partial charge on any atom is 0.203 e. The zero-order valence-electron chi connectivity index (χ0n) is 7.38. The minimum absolute atomic E-state index is 0.484. The fraction of sp³-hybridized carbons (Fsp3) is 0.111. The van der Waals surface area contributed by atoms with Gasteiger partial charge in [-0.2, -0.15) is 4.37 Å². The average Bonchev–Trinajstić information content (AvgIpc) is 2.58. The first kappa shape index (κ1) is 10.9. The van der Waals surface area contributed by atoms with E-state index < -0.39 is 11.6 Å². The van der Waals surface area contributed by atoms with Crippen LogP contribution in [0.5, 0.6) is 0 Å². The second-order valence-corrected chi connectivity index (χ2v) is 4.68. The monoisotopic (exact) mass is 338 g/mol. The van der Waals surface area contributed by atoms with E-state index in [-0.39, 0.29) is 0 Å². The van der Waals surface area contributed by atoms with Crippen molar-refractivity contribution < 1.29 is 8.78 Å². The van der Waals surface area contributed by atoms with Crippen LogP contribution in [0, 0.1) is 15.5 Å². The third-order valence-electron chi connectivity index (χ3n) is 1.78. The zero-order chi connectivity index (χ0) is 10.8. The second kappa shape index (κ2) is 4.48. The molecule has 15 heavy (non-hydrogen) atoms. The molecule has 0 aliphatic heterocycles. The Balaban J connectivity index is 2.21. The smallest absolute Gasteiger partial charge is 0.203 e. The molecular formula is C9H5F2IN2S. The molecule has 0 radical (unpaired) electrons. The van der Waals surface area contributed by atoms with Crippen LogP contribution < -0.4 is 0 Å². The summed E-state index contributed by atoms with van der Waals surface area (Å²) in [5.41, 5.74) is 0.696. The van der Waals surface area contributed by atoms with Crippen molar-refractivity contribution >= 4 is 34.1 Å². The highest BCUT2D eigenvalue weighted by atomic mass is 127. The third kappa shape index (κ3) is 2.69. The van der Waals surface area contributed by atoms with Gasteiger partial charge < -0.3 is 0 Å². The van der Waals surface area contributed by atoms with E-state index in [0.717, 1.165) is 11.1 Å². The van der Waals surface area contributed by atoms with E-state index in [9.17, 15) is 8.78 Å². The molecule has 1 heterocycles. The van der Waals surface area contributed by atoms with E-state index in [1.807, 2.05) is 22.6 Å². The summed E-state index contributed by atoms with van der Waals surface area (Å²) in [6.07, 6.45) is 0.484. The van der Waals surface area contributed by atoms with E-state index in [2.05, 4.69) is 9.36 Å². The van der Waals surface area contributed by atoms with E-state index in [1.165, 1.54) is 17.6 Å². The van der Waals surface area contributed by atoms with Crippen molar-refractivity contribution in [1.82, 2.24) is 9.36 Å². The lowest BCUT2D eigenvalue weighted by Crippen LogP contribution is -1.91. The summed E-state index contributed by atoms with van der Waals surface area (Å²) in [6, 6.07) is 3.85. The van der Waals surface area contributed by atoms with Crippen molar-refractivity contribution in [1.29, 1.82) is 0 Å². The number of halogens is 3. The van der Waals surface area contributed by atoms with E-state index >= 15 is 0 Å². The molecule has 2 rings (SSSR count). The minimum atomic E-state index is -0.828. The average molecular weight is 338 g/mol. The van der Waals surface area contributed by atoms with Crippen molar-refractivity contribution in [3.63, 3.8) is 0 Å². The van der Waals surface area contributed by atoms with Gasteiger partial charge in [0.05, 0.1) is 0 Å². The van der Waals surface area contributed by atoms with Gasteiger partial charge in [0.2, 0.25) is 3.83 Å². The molecule has 1 aromatic carbocycles. The normalized spacial score (nSPS) is 10.6. The molecule has 1 aromatic heterocycles. The van der Waals surface area contributed by atoms with Crippen LogP contribution in [-0.4, -0.2) is 9.36 Å². The van der Waals surface area contributed by atoms with Crippen molar-refractivity contribution in [2.75, 3.05) is 0 Å². The molecule has 0 aliphatic carbocycles. The predicted molar refractivity (Wildman–Crippen MR) is 61.8 cm³/mol. The van der Waals surface area contributed by atoms with Gasteiger partial charge in [0.1, 0.15) is 5.01 Å². The first-order valence-electron chi connectivity index (χ1n) is 4.07. The van der Waals surface area contributed by atoms with E-state index in [1.54, 1.807) is 6.07 Å². The number of hydrogen-bond donors (Lipinski definition) is 0. The Morgan fingerprint density at radius 3 is 2.67 bits per heavy atom. The number of aromatic nitrogens is 2.